The molecule has 0 bridgehead atoms. The van der Waals surface area contributed by atoms with Gasteiger partial charge in [0.15, 0.2) is 0 Å². The van der Waals surface area contributed by atoms with E-state index in [9.17, 15) is 4.39 Å². The van der Waals surface area contributed by atoms with E-state index in [4.69, 9.17) is 17.3 Å². The Hall–Kier alpha value is -1.07. The van der Waals surface area contributed by atoms with Crippen molar-refractivity contribution in [2.75, 3.05) is 5.73 Å². The zero-order valence-corrected chi connectivity index (χ0v) is 9.64. The van der Waals surface area contributed by atoms with Crippen molar-refractivity contribution in [2.24, 2.45) is 0 Å². The SMILES string of the molecule is Nc1oncc1-c1c(F)ccc(Br)c1Cl. The number of rotatable bonds is 1. The molecule has 0 aliphatic heterocycles. The molecule has 0 unspecified atom stereocenters. The van der Waals surface area contributed by atoms with Crippen LogP contribution >= 0.6 is 27.5 Å². The van der Waals surface area contributed by atoms with E-state index < -0.39 is 5.82 Å². The van der Waals surface area contributed by atoms with E-state index in [2.05, 4.69) is 25.6 Å². The number of nitrogens with two attached hydrogens (primary N) is 1. The van der Waals surface area contributed by atoms with Crippen molar-refractivity contribution in [3.63, 3.8) is 0 Å². The van der Waals surface area contributed by atoms with Gasteiger partial charge in [-0.15, -0.1) is 0 Å². The summed E-state index contributed by atoms with van der Waals surface area (Å²) in [5, 5.41) is 3.71. The van der Waals surface area contributed by atoms with Gasteiger partial charge in [0.05, 0.1) is 16.8 Å². The highest BCUT2D eigenvalue weighted by atomic mass is 79.9. The molecule has 3 nitrogen and oxygen atoms in total. The molecule has 0 aliphatic rings. The molecule has 2 aromatic rings. The molecule has 0 spiro atoms. The van der Waals surface area contributed by atoms with Gasteiger partial charge in [0.1, 0.15) is 5.82 Å². The number of anilines is 1. The highest BCUT2D eigenvalue weighted by molar-refractivity contribution is 9.10. The quantitative estimate of drug-likeness (QED) is 0.818. The van der Waals surface area contributed by atoms with Crippen molar-refractivity contribution in [1.82, 2.24) is 5.16 Å². The maximum Gasteiger partial charge on any atom is 0.230 e. The fourth-order valence-electron chi connectivity index (χ4n) is 1.21. The lowest BCUT2D eigenvalue weighted by Crippen LogP contribution is -1.90. The lowest BCUT2D eigenvalue weighted by Gasteiger charge is -2.05. The Kier molecular flexibility index (Phi) is 2.67. The van der Waals surface area contributed by atoms with Crippen LogP contribution in [0.3, 0.4) is 0 Å². The summed E-state index contributed by atoms with van der Waals surface area (Å²) in [5.74, 6) is -0.438. The van der Waals surface area contributed by atoms with Crippen LogP contribution in [0.1, 0.15) is 0 Å². The molecule has 1 aromatic heterocycles. The Morgan fingerprint density at radius 2 is 2.20 bits per heavy atom. The van der Waals surface area contributed by atoms with Crippen LogP contribution in [0.2, 0.25) is 5.02 Å². The van der Waals surface area contributed by atoms with Gasteiger partial charge in [0.2, 0.25) is 5.88 Å². The summed E-state index contributed by atoms with van der Waals surface area (Å²) in [5.41, 5.74) is 6.02. The van der Waals surface area contributed by atoms with Crippen LogP contribution in [0.15, 0.2) is 27.3 Å². The van der Waals surface area contributed by atoms with Crippen molar-refractivity contribution in [3.05, 3.63) is 33.6 Å². The molecule has 2 N–H and O–H groups in total. The summed E-state index contributed by atoms with van der Waals surface area (Å²) in [7, 11) is 0. The van der Waals surface area contributed by atoms with Crippen LogP contribution in [0.25, 0.3) is 11.1 Å². The Morgan fingerprint density at radius 3 is 2.80 bits per heavy atom. The van der Waals surface area contributed by atoms with Gasteiger partial charge in [-0.05, 0) is 28.1 Å². The molecule has 0 atom stereocenters. The van der Waals surface area contributed by atoms with Gasteiger partial charge >= 0.3 is 0 Å². The molecule has 0 fully saturated rings. The van der Waals surface area contributed by atoms with Gasteiger partial charge in [0, 0.05) is 10.0 Å². The van der Waals surface area contributed by atoms with Gasteiger partial charge in [-0.25, -0.2) is 4.39 Å². The molecule has 78 valence electrons. The third kappa shape index (κ3) is 1.72. The minimum absolute atomic E-state index is 0.0360. The monoisotopic (exact) mass is 290 g/mol. The first-order valence-corrected chi connectivity index (χ1v) is 5.12. The lowest BCUT2D eigenvalue weighted by atomic mass is 10.1. The average molecular weight is 292 g/mol. The third-order valence-corrected chi connectivity index (χ3v) is 3.19. The topological polar surface area (TPSA) is 52.0 Å². The first kappa shape index (κ1) is 10.4. The molecule has 0 saturated heterocycles. The summed E-state index contributed by atoms with van der Waals surface area (Å²) in [6.07, 6.45) is 1.33. The highest BCUT2D eigenvalue weighted by Gasteiger charge is 2.17. The Bertz CT molecular complexity index is 515. The fraction of sp³-hybridized carbons (Fsp3) is 0. The predicted octanol–water partition coefficient (Wildman–Crippen LogP) is 3.48. The molecule has 2 rings (SSSR count). The van der Waals surface area contributed by atoms with Crippen LogP contribution in [0.5, 0.6) is 0 Å². The standard InChI is InChI=1S/C9H5BrClFN2O/c10-5-1-2-6(12)7(8(5)11)4-3-14-15-9(4)13/h1-3H,13H2. The van der Waals surface area contributed by atoms with Crippen LogP contribution in [-0.2, 0) is 0 Å². The van der Waals surface area contributed by atoms with Crippen molar-refractivity contribution in [1.29, 1.82) is 0 Å². The molecule has 1 aromatic carbocycles. The van der Waals surface area contributed by atoms with Crippen molar-refractivity contribution in [3.8, 4) is 11.1 Å². The van der Waals surface area contributed by atoms with E-state index in [0.29, 0.717) is 10.0 Å². The molecule has 0 aliphatic carbocycles. The molecule has 1 heterocycles. The summed E-state index contributed by atoms with van der Waals surface area (Å²) >= 11 is 9.15. The number of aromatic nitrogens is 1. The van der Waals surface area contributed by atoms with Gasteiger partial charge < -0.3 is 10.3 Å². The Morgan fingerprint density at radius 1 is 1.47 bits per heavy atom. The summed E-state index contributed by atoms with van der Waals surface area (Å²) < 4.78 is 18.8. The summed E-state index contributed by atoms with van der Waals surface area (Å²) in [6, 6.07) is 2.81. The number of hydrogen-bond donors (Lipinski definition) is 1. The molecule has 0 amide bonds. The first-order valence-electron chi connectivity index (χ1n) is 3.95. The van der Waals surface area contributed by atoms with Crippen molar-refractivity contribution >= 4 is 33.4 Å². The molecule has 0 radical (unpaired) electrons. The Labute approximate surface area is 98.1 Å². The number of hydrogen-bond acceptors (Lipinski definition) is 3. The van der Waals surface area contributed by atoms with Crippen molar-refractivity contribution in [2.45, 2.75) is 0 Å². The number of nitrogen functional groups attached to an aromatic ring is 1. The zero-order chi connectivity index (χ0) is 11.0. The van der Waals surface area contributed by atoms with E-state index in [1.807, 2.05) is 0 Å². The smallest absolute Gasteiger partial charge is 0.230 e. The minimum atomic E-state index is -0.474. The van der Waals surface area contributed by atoms with Gasteiger partial charge in [-0.1, -0.05) is 16.8 Å². The fourth-order valence-corrected chi connectivity index (χ4v) is 1.80. The molecular weight excluding hydrogens is 286 g/mol. The second kappa shape index (κ2) is 3.83. The second-order valence-corrected chi connectivity index (χ2v) is 4.05. The maximum atomic E-state index is 13.5. The number of benzene rings is 1. The van der Waals surface area contributed by atoms with Crippen LogP contribution in [-0.4, -0.2) is 5.16 Å². The van der Waals surface area contributed by atoms with Gasteiger partial charge in [0.25, 0.3) is 0 Å². The van der Waals surface area contributed by atoms with Crippen LogP contribution in [0.4, 0.5) is 10.3 Å². The number of halogens is 3. The van der Waals surface area contributed by atoms with Gasteiger partial charge in [-0.2, -0.15) is 0 Å². The van der Waals surface area contributed by atoms with E-state index in [1.165, 1.54) is 18.3 Å². The van der Waals surface area contributed by atoms with E-state index in [-0.39, 0.29) is 16.5 Å². The van der Waals surface area contributed by atoms with Crippen LogP contribution in [0, 0.1) is 5.82 Å². The maximum absolute atomic E-state index is 13.5. The highest BCUT2D eigenvalue weighted by Crippen LogP contribution is 2.38. The first-order chi connectivity index (χ1) is 7.11. The minimum Gasteiger partial charge on any atom is -0.367 e. The Balaban J connectivity index is 2.72. The molecule has 0 saturated carbocycles. The zero-order valence-electron chi connectivity index (χ0n) is 7.30. The van der Waals surface area contributed by atoms with E-state index in [0.717, 1.165) is 0 Å². The second-order valence-electron chi connectivity index (χ2n) is 2.82. The molecule has 15 heavy (non-hydrogen) atoms. The predicted molar refractivity (Wildman–Crippen MR) is 59.0 cm³/mol. The average Bonchev–Trinajstić information content (AvgIpc) is 2.60. The molecular formula is C9H5BrClFN2O. The molecule has 6 heteroatoms. The summed E-state index contributed by atoms with van der Waals surface area (Å²) in [6.45, 7) is 0. The lowest BCUT2D eigenvalue weighted by molar-refractivity contribution is 0.436. The van der Waals surface area contributed by atoms with Crippen LogP contribution < -0.4 is 5.73 Å². The van der Waals surface area contributed by atoms with Gasteiger partial charge in [-0.3, -0.25) is 0 Å². The number of nitrogens with zero attached hydrogens (tertiary/aromatic N) is 1. The van der Waals surface area contributed by atoms with E-state index in [1.54, 1.807) is 0 Å². The summed E-state index contributed by atoms with van der Waals surface area (Å²) in [4.78, 5) is 0. The third-order valence-electron chi connectivity index (χ3n) is 1.91. The normalized spacial score (nSPS) is 10.6. The largest absolute Gasteiger partial charge is 0.367 e. The van der Waals surface area contributed by atoms with E-state index >= 15 is 0 Å². The van der Waals surface area contributed by atoms with Crippen molar-refractivity contribution < 1.29 is 8.91 Å².